The molecule has 0 atom stereocenters. The summed E-state index contributed by atoms with van der Waals surface area (Å²) in [4.78, 5) is 0. The molecule has 0 saturated carbocycles. The van der Waals surface area contributed by atoms with Crippen LogP contribution in [0.1, 0.15) is 12.8 Å². The molecule has 0 amide bonds. The van der Waals surface area contributed by atoms with E-state index in [0.29, 0.717) is 0 Å². The molecule has 19 heavy (non-hydrogen) atoms. The monoisotopic (exact) mass is 495 g/mol. The molecule has 0 aromatic carbocycles. The van der Waals surface area contributed by atoms with E-state index < -0.39 is 20.8 Å². The summed E-state index contributed by atoms with van der Waals surface area (Å²) in [6.45, 7) is 0. The number of halogens is 4. The summed E-state index contributed by atoms with van der Waals surface area (Å²) in [6, 6.07) is 0. The molecular weight excluding hydrogens is 480 g/mol. The Morgan fingerprint density at radius 3 is 1.11 bits per heavy atom. The van der Waals surface area contributed by atoms with Gasteiger partial charge in [0, 0.05) is 0 Å². The third-order valence-corrected chi connectivity index (χ3v) is 1.17. The first-order valence-corrected chi connectivity index (χ1v) is 10.1. The fraction of sp³-hybridized carbons (Fsp3) is 0.154. The molecule has 0 N–H and O–H groups in total. The minimum Gasteiger partial charge on any atom is 2.00 e. The molecule has 0 aromatic heterocycles. The van der Waals surface area contributed by atoms with Gasteiger partial charge in [0.15, 0.2) is 0 Å². The van der Waals surface area contributed by atoms with Crippen LogP contribution in [0.4, 0.5) is 0 Å². The van der Waals surface area contributed by atoms with Crippen molar-refractivity contribution in [2.45, 2.75) is 12.8 Å². The number of hydrogen-bond acceptors (Lipinski definition) is 0. The Morgan fingerprint density at radius 1 is 0.789 bits per heavy atom. The van der Waals surface area contributed by atoms with Crippen LogP contribution in [-0.4, -0.2) is 0 Å². The molecule has 0 radical (unpaired) electrons. The van der Waals surface area contributed by atoms with Gasteiger partial charge in [-0.15, -0.1) is 12.8 Å². The summed E-state index contributed by atoms with van der Waals surface area (Å²) < 4.78 is 0. The van der Waals surface area contributed by atoms with Crippen molar-refractivity contribution >= 4 is 17.0 Å². The number of rotatable bonds is 0. The Labute approximate surface area is 170 Å². The topological polar surface area (TPSA) is 0 Å². The zero-order chi connectivity index (χ0) is 9.78. The van der Waals surface area contributed by atoms with E-state index in [2.05, 4.69) is 24.3 Å². The average Bonchev–Trinajstić information content (AvgIpc) is 2.85. The van der Waals surface area contributed by atoms with Crippen LogP contribution in [0, 0.1) is 34.4 Å². The van der Waals surface area contributed by atoms with Crippen molar-refractivity contribution in [1.29, 1.82) is 0 Å². The Balaban J connectivity index is -0.0000000201. The smallest absolute Gasteiger partial charge is 2.00 e. The summed E-state index contributed by atoms with van der Waals surface area (Å²) in [6.07, 6.45) is 20.0. The van der Waals surface area contributed by atoms with Gasteiger partial charge in [-0.1, -0.05) is 0 Å². The molecule has 0 unspecified atom stereocenters. The largest absolute Gasteiger partial charge is 2.00 e. The maximum Gasteiger partial charge on any atom is 2.00 e. The van der Waals surface area contributed by atoms with Gasteiger partial charge in [-0.2, -0.15) is 12.2 Å². The third kappa shape index (κ3) is 45.0. The molecule has 2 aliphatic rings. The molecular formula is C13H19Cl4Zr2-3. The second-order valence-corrected chi connectivity index (χ2v) is 5.81. The molecule has 0 bridgehead atoms. The van der Waals surface area contributed by atoms with E-state index in [0.717, 1.165) is 12.8 Å². The van der Waals surface area contributed by atoms with E-state index in [1.165, 1.54) is 0 Å². The van der Waals surface area contributed by atoms with Gasteiger partial charge in [0.05, 0.1) is 0 Å². The van der Waals surface area contributed by atoms with Gasteiger partial charge >= 0.3 is 64.1 Å². The number of allylic oxidation sites excluding steroid dienone is 8. The first kappa shape index (κ1) is 42.8. The van der Waals surface area contributed by atoms with Gasteiger partial charge in [-0.05, 0) is 0 Å². The van der Waals surface area contributed by atoms with Crippen LogP contribution in [0.15, 0.2) is 36.5 Å². The zero-order valence-electron chi connectivity index (χ0n) is 11.4. The van der Waals surface area contributed by atoms with Gasteiger partial charge in [0.2, 0.25) is 0 Å². The van der Waals surface area contributed by atoms with Crippen molar-refractivity contribution in [1.82, 2.24) is 0 Å². The molecule has 0 fully saturated rings. The Hall–Kier alpha value is 1.89. The second-order valence-electron chi connectivity index (χ2n) is 2.08. The minimum absolute atomic E-state index is 0. The summed E-state index contributed by atoms with van der Waals surface area (Å²) in [7, 11) is 9.87. The Kier molecular flexibility index (Phi) is 96.3. The maximum atomic E-state index is 4.93. The molecule has 2 rings (SSSR count). The molecule has 0 aliphatic heterocycles. The summed E-state index contributed by atoms with van der Waals surface area (Å²) in [5.41, 5.74) is 0. The van der Waals surface area contributed by atoms with E-state index in [4.69, 9.17) is 17.0 Å². The fourth-order valence-corrected chi connectivity index (χ4v) is 0.680. The fourth-order valence-electron chi connectivity index (χ4n) is 0.680. The normalized spacial score (nSPS) is 9.79. The van der Waals surface area contributed by atoms with Gasteiger partial charge in [0.1, 0.15) is 0 Å². The van der Waals surface area contributed by atoms with Crippen molar-refractivity contribution in [2.75, 3.05) is 0 Å². The van der Waals surface area contributed by atoms with Crippen molar-refractivity contribution in [3.63, 3.8) is 0 Å². The predicted molar refractivity (Wildman–Crippen MR) is 74.1 cm³/mol. The van der Waals surface area contributed by atoms with E-state index in [1.54, 1.807) is 0 Å². The summed E-state index contributed by atoms with van der Waals surface area (Å²) >= 11 is -0.826. The Morgan fingerprint density at radius 2 is 1.05 bits per heavy atom. The van der Waals surface area contributed by atoms with Crippen molar-refractivity contribution in [3.05, 3.63) is 70.9 Å². The van der Waals surface area contributed by atoms with Crippen molar-refractivity contribution < 1.29 is 71.9 Å². The van der Waals surface area contributed by atoms with Crippen LogP contribution in [0.5, 0.6) is 0 Å². The SMILES string of the molecule is [C-]1=CC=CC1.[C-]1=CC=CC1.[CH3-].[CH3-].[CH3-].[Cl-].[Cl-].[Cl][Zr+2][Cl].[Zr+2]. The minimum atomic E-state index is -0.826. The second kappa shape index (κ2) is 42.7. The van der Waals surface area contributed by atoms with Crippen molar-refractivity contribution in [2.24, 2.45) is 0 Å². The van der Waals surface area contributed by atoms with Crippen LogP contribution in [0.2, 0.25) is 0 Å². The first-order valence-electron chi connectivity index (χ1n) is 3.81. The average molecular weight is 500 g/mol. The van der Waals surface area contributed by atoms with E-state index in [9.17, 15) is 0 Å². The van der Waals surface area contributed by atoms with Crippen molar-refractivity contribution in [3.8, 4) is 0 Å². The van der Waals surface area contributed by atoms with Gasteiger partial charge in [-0.3, -0.25) is 12.2 Å². The molecule has 0 aromatic rings. The predicted octanol–water partition coefficient (Wildman–Crippen LogP) is -0.656. The number of hydrogen-bond donors (Lipinski definition) is 0. The van der Waals surface area contributed by atoms with Crippen LogP contribution >= 0.6 is 17.0 Å². The molecule has 6 heteroatoms. The van der Waals surface area contributed by atoms with Crippen LogP contribution in [-0.2, 0) is 47.1 Å². The molecule has 2 aliphatic carbocycles. The zero-order valence-corrected chi connectivity index (χ0v) is 19.3. The first-order chi connectivity index (χ1) is 6.41. The summed E-state index contributed by atoms with van der Waals surface area (Å²) in [5, 5.41) is 0. The molecule has 0 spiro atoms. The molecule has 110 valence electrons. The maximum absolute atomic E-state index is 4.93. The molecule has 0 nitrogen and oxygen atoms in total. The van der Waals surface area contributed by atoms with Gasteiger partial charge < -0.3 is 47.1 Å². The van der Waals surface area contributed by atoms with E-state index in [1.807, 2.05) is 24.3 Å². The van der Waals surface area contributed by atoms with Crippen LogP contribution in [0.3, 0.4) is 0 Å². The van der Waals surface area contributed by atoms with E-state index in [-0.39, 0.29) is 73.3 Å². The summed E-state index contributed by atoms with van der Waals surface area (Å²) in [5.74, 6) is 0. The van der Waals surface area contributed by atoms with Crippen LogP contribution in [0.25, 0.3) is 0 Å². The van der Waals surface area contributed by atoms with Crippen LogP contribution < -0.4 is 24.8 Å². The van der Waals surface area contributed by atoms with Gasteiger partial charge in [0.25, 0.3) is 0 Å². The Bertz CT molecular complexity index is 173. The van der Waals surface area contributed by atoms with Gasteiger partial charge in [-0.25, -0.2) is 24.3 Å². The standard InChI is InChI=1S/2C5H5.3CH3.4ClH.2Zr/c2*1-2-4-5-3-1;;;;;;;;;/h2*1-3H,4H2;3*1H3;4*1H;;/q5*-1;;;;;+2;+4/p-4. The quantitative estimate of drug-likeness (QED) is 0.389. The molecule has 0 heterocycles. The molecule has 0 saturated heterocycles. The third-order valence-electron chi connectivity index (χ3n) is 1.17. The van der Waals surface area contributed by atoms with E-state index >= 15 is 0 Å².